The second-order valence-electron chi connectivity index (χ2n) is 5.42. The number of anilines is 1. The van der Waals surface area contributed by atoms with E-state index >= 15 is 0 Å². The number of hydrazone groups is 1. The van der Waals surface area contributed by atoms with Crippen LogP contribution in [0.25, 0.3) is 10.8 Å². The second kappa shape index (κ2) is 8.48. The number of rotatable bonds is 7. The van der Waals surface area contributed by atoms with Crippen LogP contribution in [0.3, 0.4) is 0 Å². The fraction of sp³-hybridized carbons (Fsp3) is 0.222. The molecule has 1 aromatic heterocycles. The Hall–Kier alpha value is -2.87. The smallest absolute Gasteiger partial charge is 0.319 e. The number of carbonyl (C=O) groups is 1. The number of nitrogens with one attached hydrogen (secondary N) is 2. The highest BCUT2D eigenvalue weighted by Gasteiger charge is 2.17. The molecule has 134 valence electrons. The van der Waals surface area contributed by atoms with Crippen molar-refractivity contribution >= 4 is 40.7 Å². The average molecular weight is 369 g/mol. The average Bonchev–Trinajstić information content (AvgIpc) is 3.09. The SMILES string of the molecule is CCOC(=O)[C@@H](C)Sc1n[nH]c(N/N=C\c2cccc3ccccc23)n1. The van der Waals surface area contributed by atoms with Crippen molar-refractivity contribution in [3.63, 3.8) is 0 Å². The molecule has 0 saturated heterocycles. The number of esters is 1. The van der Waals surface area contributed by atoms with Gasteiger partial charge in [0.1, 0.15) is 5.25 Å². The summed E-state index contributed by atoms with van der Waals surface area (Å²) in [6.45, 7) is 3.89. The van der Waals surface area contributed by atoms with Gasteiger partial charge in [0.15, 0.2) is 0 Å². The largest absolute Gasteiger partial charge is 0.465 e. The van der Waals surface area contributed by atoms with Gasteiger partial charge in [-0.3, -0.25) is 4.79 Å². The van der Waals surface area contributed by atoms with E-state index in [1.807, 2.05) is 24.3 Å². The first-order valence-corrected chi connectivity index (χ1v) is 9.08. The minimum atomic E-state index is -0.377. The van der Waals surface area contributed by atoms with Crippen LogP contribution < -0.4 is 5.43 Å². The molecule has 0 amide bonds. The highest BCUT2D eigenvalue weighted by molar-refractivity contribution is 8.00. The minimum Gasteiger partial charge on any atom is -0.465 e. The number of hydrogen-bond acceptors (Lipinski definition) is 7. The molecular formula is C18H19N5O2S. The van der Waals surface area contributed by atoms with Crippen molar-refractivity contribution in [2.45, 2.75) is 24.3 Å². The highest BCUT2D eigenvalue weighted by atomic mass is 32.2. The Morgan fingerprint density at radius 2 is 2.15 bits per heavy atom. The normalized spacial score (nSPS) is 12.4. The van der Waals surface area contributed by atoms with E-state index in [4.69, 9.17) is 4.74 Å². The number of nitrogens with zero attached hydrogens (tertiary/aromatic N) is 3. The topological polar surface area (TPSA) is 92.3 Å². The van der Waals surface area contributed by atoms with Crippen molar-refractivity contribution in [2.24, 2.45) is 5.10 Å². The molecule has 2 aromatic carbocycles. The highest BCUT2D eigenvalue weighted by Crippen LogP contribution is 2.21. The molecule has 0 spiro atoms. The second-order valence-corrected chi connectivity index (χ2v) is 6.73. The first-order valence-electron chi connectivity index (χ1n) is 8.20. The van der Waals surface area contributed by atoms with Gasteiger partial charge in [-0.25, -0.2) is 10.5 Å². The summed E-state index contributed by atoms with van der Waals surface area (Å²) < 4.78 is 4.97. The standard InChI is InChI=1S/C18H19N5O2S/c1-3-25-16(24)12(2)26-18-20-17(22-23-18)21-19-11-14-9-6-8-13-7-4-5-10-15(13)14/h4-12H,3H2,1-2H3,(H2,20,21,22,23)/b19-11-/t12-/m1/s1. The maximum atomic E-state index is 11.6. The van der Waals surface area contributed by atoms with Crippen LogP contribution >= 0.6 is 11.8 Å². The van der Waals surface area contributed by atoms with Crippen molar-refractivity contribution in [2.75, 3.05) is 12.0 Å². The molecule has 2 N–H and O–H groups in total. The molecule has 0 bridgehead atoms. The molecule has 0 fully saturated rings. The van der Waals surface area contributed by atoms with E-state index in [9.17, 15) is 4.79 Å². The first kappa shape index (κ1) is 17.9. The lowest BCUT2D eigenvalue weighted by Gasteiger charge is -2.06. The van der Waals surface area contributed by atoms with Crippen LogP contribution in [0.5, 0.6) is 0 Å². The Balaban J connectivity index is 1.62. The molecule has 0 aliphatic rings. The number of H-pyrrole nitrogens is 1. The number of ether oxygens (including phenoxy) is 1. The van der Waals surface area contributed by atoms with Crippen LogP contribution in [-0.4, -0.2) is 39.2 Å². The van der Waals surface area contributed by atoms with Gasteiger partial charge < -0.3 is 4.74 Å². The molecule has 8 heteroatoms. The van der Waals surface area contributed by atoms with E-state index in [1.165, 1.54) is 11.8 Å². The molecule has 1 heterocycles. The molecule has 1 atom stereocenters. The van der Waals surface area contributed by atoms with Crippen LogP contribution in [0.4, 0.5) is 5.95 Å². The summed E-state index contributed by atoms with van der Waals surface area (Å²) in [6, 6.07) is 14.2. The van der Waals surface area contributed by atoms with Gasteiger partial charge in [-0.15, -0.1) is 5.10 Å². The Morgan fingerprint density at radius 3 is 3.00 bits per heavy atom. The van der Waals surface area contributed by atoms with Gasteiger partial charge in [0.2, 0.25) is 11.1 Å². The minimum absolute atomic E-state index is 0.286. The Bertz CT molecular complexity index is 919. The van der Waals surface area contributed by atoms with Crippen LogP contribution in [0.1, 0.15) is 19.4 Å². The van der Waals surface area contributed by atoms with Gasteiger partial charge in [0, 0.05) is 5.56 Å². The summed E-state index contributed by atoms with van der Waals surface area (Å²) in [5.41, 5.74) is 3.82. The Morgan fingerprint density at radius 1 is 1.35 bits per heavy atom. The fourth-order valence-electron chi connectivity index (χ4n) is 2.34. The number of thioether (sulfide) groups is 1. The molecular weight excluding hydrogens is 350 g/mol. The van der Waals surface area contributed by atoms with Gasteiger partial charge in [0.05, 0.1) is 12.8 Å². The van der Waals surface area contributed by atoms with E-state index in [2.05, 4.69) is 43.9 Å². The van der Waals surface area contributed by atoms with E-state index < -0.39 is 0 Å². The van der Waals surface area contributed by atoms with Crippen molar-refractivity contribution in [3.05, 3.63) is 48.0 Å². The van der Waals surface area contributed by atoms with Gasteiger partial charge >= 0.3 is 5.97 Å². The monoisotopic (exact) mass is 369 g/mol. The lowest BCUT2D eigenvalue weighted by molar-refractivity contribution is -0.142. The molecule has 7 nitrogen and oxygen atoms in total. The van der Waals surface area contributed by atoms with Gasteiger partial charge in [-0.2, -0.15) is 10.1 Å². The molecule has 0 saturated carbocycles. The molecule has 0 aliphatic heterocycles. The van der Waals surface area contributed by atoms with Crippen molar-refractivity contribution < 1.29 is 9.53 Å². The number of aromatic nitrogens is 3. The molecule has 0 aliphatic carbocycles. The summed E-state index contributed by atoms with van der Waals surface area (Å²) in [5.74, 6) is 0.117. The zero-order valence-corrected chi connectivity index (χ0v) is 15.3. The van der Waals surface area contributed by atoms with Gasteiger partial charge in [0.25, 0.3) is 0 Å². The third kappa shape index (κ3) is 4.40. The third-order valence-corrected chi connectivity index (χ3v) is 4.50. The molecule has 26 heavy (non-hydrogen) atoms. The number of fused-ring (bicyclic) bond motifs is 1. The van der Waals surface area contributed by atoms with E-state index in [0.29, 0.717) is 17.7 Å². The van der Waals surface area contributed by atoms with Crippen molar-refractivity contribution in [1.82, 2.24) is 15.2 Å². The lowest BCUT2D eigenvalue weighted by Crippen LogP contribution is -2.16. The third-order valence-electron chi connectivity index (χ3n) is 3.56. The molecule has 3 aromatic rings. The van der Waals surface area contributed by atoms with Crippen LogP contribution in [0.2, 0.25) is 0 Å². The predicted octanol–water partition coefficient (Wildman–Crippen LogP) is 3.45. The number of benzene rings is 2. The van der Waals surface area contributed by atoms with Crippen molar-refractivity contribution in [1.29, 1.82) is 0 Å². The van der Waals surface area contributed by atoms with E-state index in [-0.39, 0.29) is 11.2 Å². The molecule has 0 radical (unpaired) electrons. The zero-order chi connectivity index (χ0) is 18.4. The Labute approximate surface area is 155 Å². The summed E-state index contributed by atoms with van der Waals surface area (Å²) in [5, 5.41) is 13.4. The van der Waals surface area contributed by atoms with E-state index in [0.717, 1.165) is 16.3 Å². The maximum Gasteiger partial charge on any atom is 0.319 e. The summed E-state index contributed by atoms with van der Waals surface area (Å²) >= 11 is 1.22. The predicted molar refractivity (Wildman–Crippen MR) is 103 cm³/mol. The van der Waals surface area contributed by atoms with Crippen molar-refractivity contribution in [3.8, 4) is 0 Å². The fourth-order valence-corrected chi connectivity index (χ4v) is 3.06. The maximum absolute atomic E-state index is 11.6. The summed E-state index contributed by atoms with van der Waals surface area (Å²) in [6.07, 6.45) is 1.74. The lowest BCUT2D eigenvalue weighted by atomic mass is 10.1. The molecule has 3 rings (SSSR count). The number of aromatic amines is 1. The van der Waals surface area contributed by atoms with Crippen LogP contribution in [0.15, 0.2) is 52.7 Å². The summed E-state index contributed by atoms with van der Waals surface area (Å²) in [4.78, 5) is 15.9. The molecule has 0 unspecified atom stereocenters. The Kier molecular flexibility index (Phi) is 5.85. The van der Waals surface area contributed by atoms with E-state index in [1.54, 1.807) is 20.1 Å². The quantitative estimate of drug-likeness (QED) is 0.287. The number of carbonyl (C=O) groups excluding carboxylic acids is 1. The van der Waals surface area contributed by atoms with Gasteiger partial charge in [-0.1, -0.05) is 54.2 Å². The zero-order valence-electron chi connectivity index (χ0n) is 14.5. The van der Waals surface area contributed by atoms with Crippen LogP contribution in [0, 0.1) is 0 Å². The van der Waals surface area contributed by atoms with Gasteiger partial charge in [-0.05, 0) is 24.6 Å². The summed E-state index contributed by atoms with van der Waals surface area (Å²) in [7, 11) is 0. The first-order chi connectivity index (χ1) is 12.7. The van der Waals surface area contributed by atoms with Crippen LogP contribution in [-0.2, 0) is 9.53 Å². The number of hydrogen-bond donors (Lipinski definition) is 2.